The van der Waals surface area contributed by atoms with E-state index in [9.17, 15) is 19.2 Å². The number of methoxy groups -OCH3 is 1. The standard InChI is InChI=1S/C12H17N3O6/c1-6-7(10(17)15-12(20)13-6)3-4-9(16)14-8(5-21-2)11(18)19/h8H,3-5H2,1-2H3,(H,14,16)(H,18,19)(H2,13,15,17,20). The fourth-order valence-corrected chi connectivity index (χ4v) is 1.77. The molecule has 0 aliphatic carbocycles. The van der Waals surface area contributed by atoms with E-state index in [0.717, 1.165) is 0 Å². The summed E-state index contributed by atoms with van der Waals surface area (Å²) in [5.74, 6) is -1.73. The van der Waals surface area contributed by atoms with Crippen LogP contribution in [0.15, 0.2) is 9.59 Å². The predicted octanol–water partition coefficient (Wildman–Crippen LogP) is -1.48. The van der Waals surface area contributed by atoms with Gasteiger partial charge in [0.1, 0.15) is 0 Å². The lowest BCUT2D eigenvalue weighted by molar-refractivity contribution is -0.143. The average Bonchev–Trinajstić information content (AvgIpc) is 2.36. The largest absolute Gasteiger partial charge is 0.480 e. The number of ether oxygens (including phenoxy) is 1. The lowest BCUT2D eigenvalue weighted by Crippen LogP contribution is -2.44. The fraction of sp³-hybridized carbons (Fsp3) is 0.500. The van der Waals surface area contributed by atoms with E-state index in [1.54, 1.807) is 6.92 Å². The van der Waals surface area contributed by atoms with Crippen LogP contribution < -0.4 is 16.6 Å². The molecule has 9 nitrogen and oxygen atoms in total. The molecule has 0 aliphatic rings. The van der Waals surface area contributed by atoms with Gasteiger partial charge >= 0.3 is 11.7 Å². The Hall–Kier alpha value is -2.42. The number of aryl methyl sites for hydroxylation is 1. The van der Waals surface area contributed by atoms with Crippen LogP contribution in [0.1, 0.15) is 17.7 Å². The van der Waals surface area contributed by atoms with Crippen LogP contribution in [0.2, 0.25) is 0 Å². The van der Waals surface area contributed by atoms with E-state index in [2.05, 4.69) is 15.3 Å². The summed E-state index contributed by atoms with van der Waals surface area (Å²) in [6, 6.07) is -1.14. The van der Waals surface area contributed by atoms with Crippen LogP contribution in [0.5, 0.6) is 0 Å². The maximum absolute atomic E-state index is 11.7. The molecule has 0 spiro atoms. The molecule has 1 rings (SSSR count). The maximum Gasteiger partial charge on any atom is 0.328 e. The number of aromatic nitrogens is 2. The number of nitrogens with one attached hydrogen (secondary N) is 3. The third-order valence-corrected chi connectivity index (χ3v) is 2.82. The molecule has 0 aliphatic heterocycles. The molecular weight excluding hydrogens is 282 g/mol. The molecule has 1 heterocycles. The molecule has 1 aromatic rings. The number of carboxylic acids is 1. The highest BCUT2D eigenvalue weighted by Gasteiger charge is 2.19. The van der Waals surface area contributed by atoms with Crippen molar-refractivity contribution in [1.29, 1.82) is 0 Å². The van der Waals surface area contributed by atoms with E-state index in [1.807, 2.05) is 0 Å². The van der Waals surface area contributed by atoms with Crippen molar-refractivity contribution in [2.24, 2.45) is 0 Å². The van der Waals surface area contributed by atoms with Gasteiger partial charge in [0.05, 0.1) is 6.61 Å². The van der Waals surface area contributed by atoms with Gasteiger partial charge in [-0.25, -0.2) is 9.59 Å². The first-order chi connectivity index (χ1) is 9.85. The van der Waals surface area contributed by atoms with Crippen molar-refractivity contribution in [3.8, 4) is 0 Å². The van der Waals surface area contributed by atoms with Gasteiger partial charge in [0, 0.05) is 24.8 Å². The minimum Gasteiger partial charge on any atom is -0.480 e. The number of carbonyl (C=O) groups is 2. The van der Waals surface area contributed by atoms with Gasteiger partial charge in [-0.15, -0.1) is 0 Å². The second-order valence-electron chi connectivity index (χ2n) is 4.43. The zero-order valence-electron chi connectivity index (χ0n) is 11.7. The Balaban J connectivity index is 2.67. The number of hydrogen-bond acceptors (Lipinski definition) is 5. The zero-order chi connectivity index (χ0) is 16.0. The first-order valence-electron chi connectivity index (χ1n) is 6.18. The van der Waals surface area contributed by atoms with Gasteiger partial charge < -0.3 is 20.1 Å². The summed E-state index contributed by atoms with van der Waals surface area (Å²) in [6.45, 7) is 1.40. The van der Waals surface area contributed by atoms with Crippen LogP contribution in [-0.2, 0) is 20.7 Å². The molecule has 0 saturated carbocycles. The molecule has 0 saturated heterocycles. The van der Waals surface area contributed by atoms with Crippen molar-refractivity contribution in [3.05, 3.63) is 32.1 Å². The van der Waals surface area contributed by atoms with Gasteiger partial charge in [0.2, 0.25) is 5.91 Å². The molecule has 1 amide bonds. The molecule has 1 aromatic heterocycles. The Morgan fingerprint density at radius 2 is 2.00 bits per heavy atom. The predicted molar refractivity (Wildman–Crippen MR) is 72.2 cm³/mol. The Morgan fingerprint density at radius 1 is 1.33 bits per heavy atom. The summed E-state index contributed by atoms with van der Waals surface area (Å²) in [4.78, 5) is 49.6. The molecule has 0 radical (unpaired) electrons. The van der Waals surface area contributed by atoms with Crippen LogP contribution in [-0.4, -0.2) is 46.7 Å². The van der Waals surface area contributed by atoms with Gasteiger partial charge in [-0.3, -0.25) is 14.6 Å². The molecule has 1 unspecified atom stereocenters. The Morgan fingerprint density at radius 3 is 2.52 bits per heavy atom. The van der Waals surface area contributed by atoms with Gasteiger partial charge in [0.15, 0.2) is 6.04 Å². The van der Waals surface area contributed by atoms with E-state index < -0.39 is 29.2 Å². The highest BCUT2D eigenvalue weighted by atomic mass is 16.5. The summed E-state index contributed by atoms with van der Waals surface area (Å²) in [7, 11) is 1.32. The zero-order valence-corrected chi connectivity index (χ0v) is 11.7. The number of aliphatic carboxylic acids is 1. The topological polar surface area (TPSA) is 141 Å². The van der Waals surface area contributed by atoms with Crippen LogP contribution in [0.4, 0.5) is 0 Å². The molecule has 116 valence electrons. The Bertz CT molecular complexity index is 633. The first kappa shape index (κ1) is 16.6. The second kappa shape index (κ2) is 7.39. The lowest BCUT2D eigenvalue weighted by atomic mass is 10.1. The van der Waals surface area contributed by atoms with Crippen LogP contribution in [0.25, 0.3) is 0 Å². The van der Waals surface area contributed by atoms with Gasteiger partial charge in [-0.1, -0.05) is 0 Å². The summed E-state index contributed by atoms with van der Waals surface area (Å²) >= 11 is 0. The second-order valence-corrected chi connectivity index (χ2v) is 4.43. The first-order valence-corrected chi connectivity index (χ1v) is 6.18. The summed E-state index contributed by atoms with van der Waals surface area (Å²) in [5.41, 5.74) is -0.515. The van der Waals surface area contributed by atoms with Crippen molar-refractivity contribution < 1.29 is 19.4 Å². The monoisotopic (exact) mass is 299 g/mol. The number of hydrogen-bond donors (Lipinski definition) is 4. The van der Waals surface area contributed by atoms with Crippen molar-refractivity contribution in [1.82, 2.24) is 15.3 Å². The molecule has 1 atom stereocenters. The molecule has 9 heteroatoms. The van der Waals surface area contributed by atoms with Crippen molar-refractivity contribution in [2.45, 2.75) is 25.8 Å². The van der Waals surface area contributed by atoms with E-state index >= 15 is 0 Å². The van der Waals surface area contributed by atoms with Crippen molar-refractivity contribution in [2.75, 3.05) is 13.7 Å². The number of H-pyrrole nitrogens is 2. The number of amides is 1. The van der Waals surface area contributed by atoms with E-state index in [1.165, 1.54) is 7.11 Å². The number of rotatable bonds is 7. The molecule has 4 N–H and O–H groups in total. The quantitative estimate of drug-likeness (QED) is 0.484. The molecular formula is C12H17N3O6. The van der Waals surface area contributed by atoms with Crippen molar-refractivity contribution in [3.63, 3.8) is 0 Å². The summed E-state index contributed by atoms with van der Waals surface area (Å²) in [5, 5.41) is 11.2. The van der Waals surface area contributed by atoms with Crippen LogP contribution >= 0.6 is 0 Å². The van der Waals surface area contributed by atoms with E-state index in [-0.39, 0.29) is 25.0 Å². The number of aromatic amines is 2. The minimum absolute atomic E-state index is 0.0799. The van der Waals surface area contributed by atoms with Crippen molar-refractivity contribution >= 4 is 11.9 Å². The minimum atomic E-state index is -1.21. The highest BCUT2D eigenvalue weighted by molar-refractivity contribution is 5.83. The normalized spacial score (nSPS) is 11.9. The molecule has 0 fully saturated rings. The van der Waals surface area contributed by atoms with Gasteiger partial charge in [-0.05, 0) is 13.3 Å². The third-order valence-electron chi connectivity index (χ3n) is 2.82. The third kappa shape index (κ3) is 4.88. The number of carboxylic acid groups (broad SMARTS) is 1. The Labute approximate surface area is 119 Å². The van der Waals surface area contributed by atoms with E-state index in [0.29, 0.717) is 5.69 Å². The molecule has 0 bridgehead atoms. The van der Waals surface area contributed by atoms with Gasteiger partial charge in [0.25, 0.3) is 5.56 Å². The van der Waals surface area contributed by atoms with Crippen LogP contribution in [0.3, 0.4) is 0 Å². The molecule has 0 aromatic carbocycles. The smallest absolute Gasteiger partial charge is 0.328 e. The van der Waals surface area contributed by atoms with E-state index in [4.69, 9.17) is 9.84 Å². The SMILES string of the molecule is COCC(NC(=O)CCc1c(C)[nH]c(=O)[nH]c1=O)C(=O)O. The maximum atomic E-state index is 11.7. The highest BCUT2D eigenvalue weighted by Crippen LogP contribution is 2.00. The average molecular weight is 299 g/mol. The number of carbonyl (C=O) groups excluding carboxylic acids is 1. The summed E-state index contributed by atoms with van der Waals surface area (Å²) in [6.07, 6.45) is 0.00651. The lowest BCUT2D eigenvalue weighted by Gasteiger charge is -2.13. The van der Waals surface area contributed by atoms with Gasteiger partial charge in [-0.2, -0.15) is 0 Å². The fourth-order valence-electron chi connectivity index (χ4n) is 1.77. The van der Waals surface area contributed by atoms with Crippen LogP contribution in [0, 0.1) is 6.92 Å². The molecule has 21 heavy (non-hydrogen) atoms. The summed E-state index contributed by atoms with van der Waals surface area (Å²) < 4.78 is 4.69. The Kier molecular flexibility index (Phi) is 5.85.